The lowest BCUT2D eigenvalue weighted by molar-refractivity contribution is -0.123. The van der Waals surface area contributed by atoms with Gasteiger partial charge in [0.2, 0.25) is 11.9 Å². The van der Waals surface area contributed by atoms with Crippen LogP contribution in [0.25, 0.3) is 0 Å². The van der Waals surface area contributed by atoms with Crippen LogP contribution in [0.3, 0.4) is 0 Å². The zero-order chi connectivity index (χ0) is 19.9. The summed E-state index contributed by atoms with van der Waals surface area (Å²) in [5.41, 5.74) is 1.07. The Morgan fingerprint density at radius 1 is 0.966 bits per heavy atom. The Balaban J connectivity index is 1.32. The summed E-state index contributed by atoms with van der Waals surface area (Å²) < 4.78 is 1.84. The number of nitrogens with one attached hydrogen (secondary N) is 1. The number of amides is 1. The third kappa shape index (κ3) is 5.17. The molecule has 0 aliphatic carbocycles. The van der Waals surface area contributed by atoms with Crippen LogP contribution in [0.5, 0.6) is 0 Å². The van der Waals surface area contributed by atoms with Crippen LogP contribution in [0.2, 0.25) is 0 Å². The summed E-state index contributed by atoms with van der Waals surface area (Å²) >= 11 is 0. The van der Waals surface area contributed by atoms with Gasteiger partial charge in [0, 0.05) is 51.0 Å². The molecule has 8 nitrogen and oxygen atoms in total. The van der Waals surface area contributed by atoms with E-state index in [0.29, 0.717) is 13.1 Å². The molecule has 0 saturated carbocycles. The summed E-state index contributed by atoms with van der Waals surface area (Å²) in [6.45, 7) is 4.22. The molecule has 1 aliphatic heterocycles. The molecule has 2 aromatic heterocycles. The maximum Gasteiger partial charge on any atom is 0.234 e. The highest BCUT2D eigenvalue weighted by Gasteiger charge is 2.22. The Bertz CT molecular complexity index is 878. The Kier molecular flexibility index (Phi) is 6.11. The van der Waals surface area contributed by atoms with E-state index in [1.807, 2.05) is 53.3 Å². The van der Waals surface area contributed by atoms with Crippen molar-refractivity contribution in [3.63, 3.8) is 0 Å². The van der Waals surface area contributed by atoms with Crippen LogP contribution in [0.4, 0.5) is 5.95 Å². The number of rotatable bonds is 7. The van der Waals surface area contributed by atoms with Crippen LogP contribution in [0, 0.1) is 0 Å². The first-order valence-corrected chi connectivity index (χ1v) is 9.84. The second-order valence-electron chi connectivity index (χ2n) is 7.07. The van der Waals surface area contributed by atoms with Gasteiger partial charge in [-0.05, 0) is 17.7 Å². The zero-order valence-corrected chi connectivity index (χ0v) is 16.3. The summed E-state index contributed by atoms with van der Waals surface area (Å²) in [5.74, 6) is 0.774. The van der Waals surface area contributed by atoms with Gasteiger partial charge in [-0.15, -0.1) is 0 Å². The van der Waals surface area contributed by atoms with Gasteiger partial charge in [0.05, 0.1) is 19.1 Å². The molecule has 8 heteroatoms. The molecule has 1 fully saturated rings. The van der Waals surface area contributed by atoms with E-state index in [9.17, 15) is 4.79 Å². The zero-order valence-electron chi connectivity index (χ0n) is 16.3. The maximum absolute atomic E-state index is 12.8. The van der Waals surface area contributed by atoms with Crippen LogP contribution in [0.15, 0.2) is 67.3 Å². The lowest BCUT2D eigenvalue weighted by Gasteiger charge is -2.34. The van der Waals surface area contributed by atoms with Crippen LogP contribution < -0.4 is 10.2 Å². The number of aromatic nitrogens is 4. The predicted molar refractivity (Wildman–Crippen MR) is 110 cm³/mol. The lowest BCUT2D eigenvalue weighted by Crippen LogP contribution is -2.50. The Labute approximate surface area is 170 Å². The van der Waals surface area contributed by atoms with Crippen molar-refractivity contribution in [2.24, 2.45) is 0 Å². The molecule has 1 N–H and O–H groups in total. The average Bonchev–Trinajstić information content (AvgIpc) is 3.28. The third-order valence-corrected chi connectivity index (χ3v) is 5.04. The van der Waals surface area contributed by atoms with Crippen molar-refractivity contribution in [3.8, 4) is 0 Å². The number of anilines is 1. The number of hydrogen-bond acceptors (Lipinski definition) is 6. The molecule has 0 radical (unpaired) electrons. The number of nitrogens with zero attached hydrogens (tertiary/aromatic N) is 6. The molecule has 3 heterocycles. The lowest BCUT2D eigenvalue weighted by atomic mass is 10.1. The minimum absolute atomic E-state index is 0.0235. The quantitative estimate of drug-likeness (QED) is 0.655. The highest BCUT2D eigenvalue weighted by atomic mass is 16.2. The van der Waals surface area contributed by atoms with Crippen LogP contribution >= 0.6 is 0 Å². The van der Waals surface area contributed by atoms with E-state index >= 15 is 0 Å². The van der Waals surface area contributed by atoms with E-state index in [-0.39, 0.29) is 11.9 Å². The third-order valence-electron chi connectivity index (χ3n) is 5.04. The van der Waals surface area contributed by atoms with Gasteiger partial charge >= 0.3 is 0 Å². The van der Waals surface area contributed by atoms with Gasteiger partial charge in [-0.3, -0.25) is 14.4 Å². The molecular weight excluding hydrogens is 366 g/mol. The summed E-state index contributed by atoms with van der Waals surface area (Å²) in [6.07, 6.45) is 7.17. The highest BCUT2D eigenvalue weighted by Crippen LogP contribution is 2.15. The summed E-state index contributed by atoms with van der Waals surface area (Å²) in [6, 6.07) is 13.6. The molecule has 3 aromatic rings. The fraction of sp³-hybridized carbons (Fsp3) is 0.333. The van der Waals surface area contributed by atoms with Gasteiger partial charge in [-0.25, -0.2) is 9.97 Å². The first kappa shape index (κ1) is 19.1. The summed E-state index contributed by atoms with van der Waals surface area (Å²) in [5, 5.41) is 7.46. The number of piperazine rings is 1. The molecule has 1 saturated heterocycles. The van der Waals surface area contributed by atoms with Gasteiger partial charge in [-0.2, -0.15) is 5.10 Å². The van der Waals surface area contributed by atoms with Gasteiger partial charge in [0.15, 0.2) is 0 Å². The minimum atomic E-state index is -0.123. The summed E-state index contributed by atoms with van der Waals surface area (Å²) in [4.78, 5) is 25.7. The van der Waals surface area contributed by atoms with Crippen molar-refractivity contribution in [2.45, 2.75) is 12.6 Å². The van der Waals surface area contributed by atoms with Crippen molar-refractivity contribution in [1.29, 1.82) is 0 Å². The molecule has 0 spiro atoms. The SMILES string of the molecule is O=C(CN1CCN(c2ncccn2)CC1)NC(Cn1cccn1)c1ccccc1. The molecule has 150 valence electrons. The van der Waals surface area contributed by atoms with Crippen molar-refractivity contribution in [3.05, 3.63) is 72.8 Å². The molecular formula is C21H25N7O. The van der Waals surface area contributed by atoms with Crippen molar-refractivity contribution >= 4 is 11.9 Å². The van der Waals surface area contributed by atoms with E-state index in [1.54, 1.807) is 18.6 Å². The van der Waals surface area contributed by atoms with Crippen LogP contribution in [-0.2, 0) is 11.3 Å². The first-order chi connectivity index (χ1) is 14.3. The number of hydrogen-bond donors (Lipinski definition) is 1. The fourth-order valence-electron chi connectivity index (χ4n) is 3.52. The van der Waals surface area contributed by atoms with Gasteiger partial charge < -0.3 is 10.2 Å². The molecule has 4 rings (SSSR count). The molecule has 1 aliphatic rings. The van der Waals surface area contributed by atoms with Gasteiger partial charge in [0.1, 0.15) is 0 Å². The monoisotopic (exact) mass is 391 g/mol. The van der Waals surface area contributed by atoms with Crippen LogP contribution in [0.1, 0.15) is 11.6 Å². The summed E-state index contributed by atoms with van der Waals surface area (Å²) in [7, 11) is 0. The van der Waals surface area contributed by atoms with Crippen LogP contribution in [-0.4, -0.2) is 63.3 Å². The standard InChI is InChI=1S/C21H25N7O/c29-20(17-26-12-14-27(15-13-26)21-22-8-4-9-23-21)25-19(16-28-11-5-10-24-28)18-6-2-1-3-7-18/h1-11,19H,12-17H2,(H,25,29). The molecule has 0 bridgehead atoms. The Morgan fingerprint density at radius 3 is 2.41 bits per heavy atom. The topological polar surface area (TPSA) is 79.2 Å². The normalized spacial score (nSPS) is 15.8. The maximum atomic E-state index is 12.8. The molecule has 1 aromatic carbocycles. The Hall–Kier alpha value is -3.26. The van der Waals surface area contributed by atoms with Crippen molar-refractivity contribution in [1.82, 2.24) is 30.0 Å². The number of carbonyl (C=O) groups excluding carboxylic acids is 1. The predicted octanol–water partition coefficient (Wildman–Crippen LogP) is 1.35. The molecule has 1 unspecified atom stereocenters. The molecule has 29 heavy (non-hydrogen) atoms. The fourth-order valence-corrected chi connectivity index (χ4v) is 3.52. The molecule has 1 amide bonds. The van der Waals surface area contributed by atoms with Crippen molar-refractivity contribution in [2.75, 3.05) is 37.6 Å². The van der Waals surface area contributed by atoms with Gasteiger partial charge in [0.25, 0.3) is 0 Å². The molecule has 1 atom stereocenters. The van der Waals surface area contributed by atoms with E-state index in [2.05, 4.69) is 30.2 Å². The van der Waals surface area contributed by atoms with Crippen molar-refractivity contribution < 1.29 is 4.79 Å². The first-order valence-electron chi connectivity index (χ1n) is 9.84. The van der Waals surface area contributed by atoms with E-state index in [4.69, 9.17) is 0 Å². The van der Waals surface area contributed by atoms with E-state index in [0.717, 1.165) is 37.7 Å². The Morgan fingerprint density at radius 2 is 1.72 bits per heavy atom. The number of benzene rings is 1. The minimum Gasteiger partial charge on any atom is -0.346 e. The number of carbonyl (C=O) groups is 1. The average molecular weight is 391 g/mol. The van der Waals surface area contributed by atoms with Gasteiger partial charge in [-0.1, -0.05) is 30.3 Å². The smallest absolute Gasteiger partial charge is 0.234 e. The highest BCUT2D eigenvalue weighted by molar-refractivity contribution is 5.78. The van der Waals surface area contributed by atoms with E-state index in [1.165, 1.54) is 0 Å². The second-order valence-corrected chi connectivity index (χ2v) is 7.07. The largest absolute Gasteiger partial charge is 0.346 e. The second kappa shape index (κ2) is 9.29. The van der Waals surface area contributed by atoms with E-state index < -0.39 is 0 Å².